The Morgan fingerprint density at radius 2 is 1.96 bits per heavy atom. The van der Waals surface area contributed by atoms with Crippen LogP contribution in [0.25, 0.3) is 0 Å². The maximum Gasteiger partial charge on any atom is 0.319 e. The predicted molar refractivity (Wildman–Crippen MR) is 96.3 cm³/mol. The van der Waals surface area contributed by atoms with Gasteiger partial charge in [0.2, 0.25) is 0 Å². The van der Waals surface area contributed by atoms with Crippen molar-refractivity contribution in [2.24, 2.45) is 5.92 Å². The average Bonchev–Trinajstić information content (AvgIpc) is 2.55. The first-order valence-corrected chi connectivity index (χ1v) is 9.15. The molecule has 1 aliphatic rings. The van der Waals surface area contributed by atoms with Crippen molar-refractivity contribution in [1.82, 2.24) is 10.2 Å². The largest absolute Gasteiger partial charge is 0.338 e. The number of hydrogen-bond acceptors (Lipinski definition) is 3. The Labute approximate surface area is 142 Å². The van der Waals surface area contributed by atoms with Gasteiger partial charge in [0.25, 0.3) is 5.91 Å². The Kier molecular flexibility index (Phi) is 6.33. The fourth-order valence-electron chi connectivity index (χ4n) is 2.35. The smallest absolute Gasteiger partial charge is 0.319 e. The number of aryl methyl sites for hydroxylation is 1. The van der Waals surface area contributed by atoms with Crippen molar-refractivity contribution < 1.29 is 9.59 Å². The first-order chi connectivity index (χ1) is 11.0. The second kappa shape index (κ2) is 8.24. The summed E-state index contributed by atoms with van der Waals surface area (Å²) < 4.78 is 0. The molecule has 1 saturated heterocycles. The van der Waals surface area contributed by atoms with Gasteiger partial charge >= 0.3 is 6.03 Å². The molecule has 0 aromatic heterocycles. The third kappa shape index (κ3) is 5.16. The molecule has 0 aliphatic carbocycles. The fraction of sp³-hybridized carbons (Fsp3) is 0.529. The van der Waals surface area contributed by atoms with E-state index in [1.54, 1.807) is 12.1 Å². The van der Waals surface area contributed by atoms with E-state index >= 15 is 0 Å². The minimum atomic E-state index is -0.214. The zero-order valence-electron chi connectivity index (χ0n) is 14.0. The molecule has 6 heteroatoms. The van der Waals surface area contributed by atoms with Gasteiger partial charge in [-0.3, -0.25) is 4.79 Å². The van der Waals surface area contributed by atoms with Gasteiger partial charge in [-0.1, -0.05) is 13.8 Å². The van der Waals surface area contributed by atoms with Gasteiger partial charge in [-0.25, -0.2) is 4.79 Å². The Bertz CT molecular complexity index is 569. The molecule has 2 N–H and O–H groups in total. The molecule has 0 saturated carbocycles. The van der Waals surface area contributed by atoms with Gasteiger partial charge in [0, 0.05) is 42.4 Å². The Hall–Kier alpha value is -1.69. The van der Waals surface area contributed by atoms with Crippen molar-refractivity contribution in [3.63, 3.8) is 0 Å². The van der Waals surface area contributed by atoms with Crippen LogP contribution in [-0.2, 0) is 0 Å². The standard InChI is InChI=1S/C17H25N3O2S/c1-12(2)11-18-17(22)19-15-5-4-14(10-13(15)3)16(21)20-6-8-23-9-7-20/h4-5,10,12H,6-9,11H2,1-3H3,(H2,18,19,22). The number of carbonyl (C=O) groups is 2. The normalized spacial score (nSPS) is 14.7. The summed E-state index contributed by atoms with van der Waals surface area (Å²) in [5.41, 5.74) is 2.31. The number of amides is 3. The molecule has 0 bridgehead atoms. The summed E-state index contributed by atoms with van der Waals surface area (Å²) in [6.45, 7) is 8.24. The van der Waals surface area contributed by atoms with Gasteiger partial charge in [-0.05, 0) is 36.6 Å². The summed E-state index contributed by atoms with van der Waals surface area (Å²) in [6.07, 6.45) is 0. The van der Waals surface area contributed by atoms with E-state index in [1.807, 2.05) is 43.5 Å². The highest BCUT2D eigenvalue weighted by molar-refractivity contribution is 7.99. The van der Waals surface area contributed by atoms with E-state index in [4.69, 9.17) is 0 Å². The highest BCUT2D eigenvalue weighted by atomic mass is 32.2. The lowest BCUT2D eigenvalue weighted by molar-refractivity contribution is 0.0772. The lowest BCUT2D eigenvalue weighted by atomic mass is 10.1. The van der Waals surface area contributed by atoms with Crippen LogP contribution in [0.15, 0.2) is 18.2 Å². The Morgan fingerprint density at radius 3 is 2.57 bits per heavy atom. The molecule has 1 fully saturated rings. The summed E-state index contributed by atoms with van der Waals surface area (Å²) in [4.78, 5) is 26.2. The number of benzene rings is 1. The van der Waals surface area contributed by atoms with E-state index in [9.17, 15) is 9.59 Å². The molecule has 5 nitrogen and oxygen atoms in total. The van der Waals surface area contributed by atoms with Gasteiger partial charge in [-0.15, -0.1) is 0 Å². The lowest BCUT2D eigenvalue weighted by Gasteiger charge is -2.26. The number of thioether (sulfide) groups is 1. The van der Waals surface area contributed by atoms with Gasteiger partial charge in [0.15, 0.2) is 0 Å². The molecule has 126 valence electrons. The quantitative estimate of drug-likeness (QED) is 0.889. The van der Waals surface area contributed by atoms with E-state index in [-0.39, 0.29) is 11.9 Å². The Morgan fingerprint density at radius 1 is 1.26 bits per heavy atom. The van der Waals surface area contributed by atoms with Crippen LogP contribution in [0.2, 0.25) is 0 Å². The second-order valence-corrected chi connectivity index (χ2v) is 7.39. The number of urea groups is 1. The number of rotatable bonds is 4. The lowest BCUT2D eigenvalue weighted by Crippen LogP contribution is -2.38. The highest BCUT2D eigenvalue weighted by Crippen LogP contribution is 2.19. The van der Waals surface area contributed by atoms with Crippen LogP contribution in [0.5, 0.6) is 0 Å². The molecule has 1 aliphatic heterocycles. The van der Waals surface area contributed by atoms with Crippen molar-refractivity contribution in [1.29, 1.82) is 0 Å². The zero-order valence-corrected chi connectivity index (χ0v) is 14.8. The van der Waals surface area contributed by atoms with Crippen molar-refractivity contribution in [2.75, 3.05) is 36.5 Å². The number of hydrogen-bond donors (Lipinski definition) is 2. The molecule has 1 aromatic carbocycles. The van der Waals surface area contributed by atoms with Crippen molar-refractivity contribution in [3.8, 4) is 0 Å². The summed E-state index contributed by atoms with van der Waals surface area (Å²) in [6, 6.07) is 5.22. The first kappa shape index (κ1) is 17.7. The average molecular weight is 335 g/mol. The first-order valence-electron chi connectivity index (χ1n) is 8.00. The SMILES string of the molecule is Cc1cc(C(=O)N2CCSCC2)ccc1NC(=O)NCC(C)C. The minimum absolute atomic E-state index is 0.0733. The van der Waals surface area contributed by atoms with E-state index in [0.717, 1.165) is 35.8 Å². The van der Waals surface area contributed by atoms with Crippen LogP contribution in [0.4, 0.5) is 10.5 Å². The maximum atomic E-state index is 12.5. The molecule has 0 atom stereocenters. The molecule has 1 heterocycles. The van der Waals surface area contributed by atoms with Gasteiger partial charge in [-0.2, -0.15) is 11.8 Å². The van der Waals surface area contributed by atoms with Crippen LogP contribution in [-0.4, -0.2) is 48.0 Å². The molecule has 2 rings (SSSR count). The topological polar surface area (TPSA) is 61.4 Å². The van der Waals surface area contributed by atoms with Gasteiger partial charge in [0.1, 0.15) is 0 Å². The molecular weight excluding hydrogens is 310 g/mol. The number of nitrogens with one attached hydrogen (secondary N) is 2. The second-order valence-electron chi connectivity index (χ2n) is 6.16. The van der Waals surface area contributed by atoms with E-state index in [1.165, 1.54) is 0 Å². The molecule has 0 spiro atoms. The van der Waals surface area contributed by atoms with Gasteiger partial charge < -0.3 is 15.5 Å². The minimum Gasteiger partial charge on any atom is -0.338 e. The van der Waals surface area contributed by atoms with Crippen molar-refractivity contribution >= 4 is 29.4 Å². The maximum absolute atomic E-state index is 12.5. The van der Waals surface area contributed by atoms with Crippen LogP contribution in [0, 0.1) is 12.8 Å². The summed E-state index contributed by atoms with van der Waals surface area (Å²) in [5, 5.41) is 5.65. The van der Waals surface area contributed by atoms with Crippen LogP contribution >= 0.6 is 11.8 Å². The predicted octanol–water partition coefficient (Wildman–Crippen LogP) is 2.96. The number of anilines is 1. The van der Waals surface area contributed by atoms with Gasteiger partial charge in [0.05, 0.1) is 0 Å². The monoisotopic (exact) mass is 335 g/mol. The summed E-state index contributed by atoms with van der Waals surface area (Å²) in [5.74, 6) is 2.48. The zero-order chi connectivity index (χ0) is 16.8. The molecule has 0 radical (unpaired) electrons. The van der Waals surface area contributed by atoms with E-state index in [0.29, 0.717) is 18.0 Å². The Balaban J connectivity index is 1.99. The number of nitrogens with zero attached hydrogens (tertiary/aromatic N) is 1. The molecule has 1 aromatic rings. The van der Waals surface area contributed by atoms with Crippen molar-refractivity contribution in [3.05, 3.63) is 29.3 Å². The van der Waals surface area contributed by atoms with Crippen LogP contribution in [0.1, 0.15) is 29.8 Å². The van der Waals surface area contributed by atoms with Crippen molar-refractivity contribution in [2.45, 2.75) is 20.8 Å². The third-order valence-corrected chi connectivity index (χ3v) is 4.63. The van der Waals surface area contributed by atoms with E-state index < -0.39 is 0 Å². The summed E-state index contributed by atoms with van der Waals surface area (Å²) >= 11 is 1.88. The molecular formula is C17H25N3O2S. The molecule has 3 amide bonds. The van der Waals surface area contributed by atoms with Crippen LogP contribution in [0.3, 0.4) is 0 Å². The molecule has 23 heavy (non-hydrogen) atoms. The number of carbonyl (C=O) groups excluding carboxylic acids is 2. The fourth-order valence-corrected chi connectivity index (χ4v) is 3.25. The summed E-state index contributed by atoms with van der Waals surface area (Å²) in [7, 11) is 0. The highest BCUT2D eigenvalue weighted by Gasteiger charge is 2.19. The molecule has 0 unspecified atom stereocenters. The van der Waals surface area contributed by atoms with E-state index in [2.05, 4.69) is 10.6 Å². The third-order valence-electron chi connectivity index (χ3n) is 3.69. The van der Waals surface area contributed by atoms with Crippen LogP contribution < -0.4 is 10.6 Å².